The lowest BCUT2D eigenvalue weighted by Gasteiger charge is -2.54. The number of benzene rings is 1. The van der Waals surface area contributed by atoms with Gasteiger partial charge in [-0.15, -0.1) is 0 Å². The van der Waals surface area contributed by atoms with Gasteiger partial charge in [0.1, 0.15) is 11.3 Å². The zero-order valence-electron chi connectivity index (χ0n) is 12.2. The highest BCUT2D eigenvalue weighted by Gasteiger charge is 2.49. The first-order valence-electron chi connectivity index (χ1n) is 8.36. The zero-order chi connectivity index (χ0) is 14.0. The van der Waals surface area contributed by atoms with Crippen molar-refractivity contribution < 1.29 is 5.11 Å². The van der Waals surface area contributed by atoms with E-state index < -0.39 is 0 Å². The second kappa shape index (κ2) is 4.22. The minimum Gasteiger partial charge on any atom is -0.506 e. The highest BCUT2D eigenvalue weighted by Crippen LogP contribution is 2.59. The van der Waals surface area contributed by atoms with Gasteiger partial charge >= 0.3 is 0 Å². The molecule has 108 valence electrons. The van der Waals surface area contributed by atoms with E-state index in [1.165, 1.54) is 37.8 Å². The van der Waals surface area contributed by atoms with Crippen molar-refractivity contribution in [2.75, 3.05) is 0 Å². The van der Waals surface area contributed by atoms with E-state index in [-0.39, 0.29) is 0 Å². The van der Waals surface area contributed by atoms with Gasteiger partial charge in [0, 0.05) is 17.0 Å². The highest BCUT2D eigenvalue weighted by molar-refractivity contribution is 5.84. The molecule has 4 aliphatic rings. The molecule has 1 aromatic heterocycles. The highest BCUT2D eigenvalue weighted by atomic mass is 16.3. The Morgan fingerprint density at radius 1 is 0.857 bits per heavy atom. The molecule has 0 unspecified atom stereocenters. The summed E-state index contributed by atoms with van der Waals surface area (Å²) in [6, 6.07) is 10.0. The molecule has 4 saturated carbocycles. The number of pyridine rings is 1. The Hall–Kier alpha value is -1.57. The van der Waals surface area contributed by atoms with Gasteiger partial charge in [-0.1, -0.05) is 18.2 Å². The summed E-state index contributed by atoms with van der Waals surface area (Å²) in [5, 5.41) is 11.1. The summed E-state index contributed by atoms with van der Waals surface area (Å²) in [5.41, 5.74) is 2.02. The number of nitrogens with zero attached hydrogens (tertiary/aromatic N) is 1. The third-order valence-corrected chi connectivity index (χ3v) is 6.29. The fourth-order valence-electron chi connectivity index (χ4n) is 5.74. The molecule has 0 radical (unpaired) electrons. The standard InChI is InChI=1S/C19H21NO/c21-17-3-1-2-13-4-5-16(20-19(13)17)18-14-7-11-6-12(9-14)10-15(18)8-11/h1-5,11-12,14-15,18,21H,6-10H2. The average molecular weight is 279 g/mol. The Morgan fingerprint density at radius 3 is 2.29 bits per heavy atom. The molecule has 2 aromatic rings. The molecule has 1 N–H and O–H groups in total. The third-order valence-electron chi connectivity index (χ3n) is 6.29. The molecule has 4 aliphatic carbocycles. The van der Waals surface area contributed by atoms with Crippen molar-refractivity contribution in [3.05, 3.63) is 36.0 Å². The van der Waals surface area contributed by atoms with Crippen LogP contribution in [0.3, 0.4) is 0 Å². The van der Waals surface area contributed by atoms with Gasteiger partial charge in [0.15, 0.2) is 0 Å². The maximum Gasteiger partial charge on any atom is 0.141 e. The first-order chi connectivity index (χ1) is 10.3. The quantitative estimate of drug-likeness (QED) is 0.835. The molecular formula is C19H21NO. The van der Waals surface area contributed by atoms with Crippen molar-refractivity contribution in [2.24, 2.45) is 23.7 Å². The number of hydrogen-bond donors (Lipinski definition) is 1. The van der Waals surface area contributed by atoms with Crippen LogP contribution in [-0.2, 0) is 0 Å². The first kappa shape index (κ1) is 12.0. The Morgan fingerprint density at radius 2 is 1.57 bits per heavy atom. The van der Waals surface area contributed by atoms with Crippen molar-refractivity contribution in [3.63, 3.8) is 0 Å². The normalized spacial score (nSPS) is 37.2. The molecule has 1 aromatic carbocycles. The molecule has 6 rings (SSSR count). The van der Waals surface area contributed by atoms with E-state index in [1.54, 1.807) is 6.07 Å². The smallest absolute Gasteiger partial charge is 0.141 e. The maximum atomic E-state index is 10.1. The monoisotopic (exact) mass is 279 g/mol. The van der Waals surface area contributed by atoms with E-state index in [0.717, 1.165) is 34.6 Å². The van der Waals surface area contributed by atoms with Gasteiger partial charge in [-0.3, -0.25) is 0 Å². The van der Waals surface area contributed by atoms with Gasteiger partial charge < -0.3 is 5.11 Å². The third kappa shape index (κ3) is 1.74. The molecule has 21 heavy (non-hydrogen) atoms. The van der Waals surface area contributed by atoms with Crippen molar-refractivity contribution in [1.29, 1.82) is 0 Å². The summed E-state index contributed by atoms with van der Waals surface area (Å²) in [6.07, 6.45) is 7.15. The number of rotatable bonds is 1. The SMILES string of the molecule is Oc1cccc2ccc(C3C4CC5CC(C4)CC3C5)nc12. The van der Waals surface area contributed by atoms with Crippen LogP contribution in [0.15, 0.2) is 30.3 Å². The molecule has 0 aliphatic heterocycles. The van der Waals surface area contributed by atoms with E-state index in [9.17, 15) is 5.11 Å². The molecule has 0 amide bonds. The number of aromatic hydroxyl groups is 1. The summed E-state index contributed by atoms with van der Waals surface area (Å²) in [7, 11) is 0. The second-order valence-corrected chi connectivity index (χ2v) is 7.54. The van der Waals surface area contributed by atoms with Gasteiger partial charge in [0.25, 0.3) is 0 Å². The summed E-state index contributed by atoms with van der Waals surface area (Å²) < 4.78 is 0. The lowest BCUT2D eigenvalue weighted by molar-refractivity contribution is -0.00405. The van der Waals surface area contributed by atoms with Crippen LogP contribution in [-0.4, -0.2) is 10.1 Å². The fraction of sp³-hybridized carbons (Fsp3) is 0.526. The number of phenols is 1. The Kier molecular flexibility index (Phi) is 2.42. The second-order valence-electron chi connectivity index (χ2n) is 7.54. The largest absolute Gasteiger partial charge is 0.506 e. The predicted molar refractivity (Wildman–Crippen MR) is 83.2 cm³/mol. The van der Waals surface area contributed by atoms with Gasteiger partial charge in [0.05, 0.1) is 0 Å². The van der Waals surface area contributed by atoms with Crippen molar-refractivity contribution in [1.82, 2.24) is 4.98 Å². The summed E-state index contributed by atoms with van der Waals surface area (Å²) in [4.78, 5) is 4.87. The van der Waals surface area contributed by atoms with E-state index in [4.69, 9.17) is 4.98 Å². The van der Waals surface area contributed by atoms with Gasteiger partial charge in [-0.2, -0.15) is 0 Å². The topological polar surface area (TPSA) is 33.1 Å². The lowest BCUT2D eigenvalue weighted by atomic mass is 9.51. The Bertz CT molecular complexity index is 680. The molecule has 0 atom stereocenters. The van der Waals surface area contributed by atoms with Crippen molar-refractivity contribution in [3.8, 4) is 5.75 Å². The fourth-order valence-corrected chi connectivity index (χ4v) is 5.74. The van der Waals surface area contributed by atoms with Crippen LogP contribution in [0.5, 0.6) is 5.75 Å². The number of phenolic OH excluding ortho intramolecular Hbond substituents is 1. The molecule has 2 heteroatoms. The van der Waals surface area contributed by atoms with E-state index >= 15 is 0 Å². The van der Waals surface area contributed by atoms with Crippen LogP contribution in [0.2, 0.25) is 0 Å². The molecule has 1 heterocycles. The van der Waals surface area contributed by atoms with Crippen LogP contribution in [0.4, 0.5) is 0 Å². The number of aromatic nitrogens is 1. The van der Waals surface area contributed by atoms with Crippen LogP contribution >= 0.6 is 0 Å². The van der Waals surface area contributed by atoms with Crippen LogP contribution in [0.25, 0.3) is 10.9 Å². The number of hydrogen-bond acceptors (Lipinski definition) is 2. The number of fused-ring (bicyclic) bond motifs is 1. The molecule has 0 spiro atoms. The van der Waals surface area contributed by atoms with E-state index in [2.05, 4.69) is 12.1 Å². The molecule has 2 nitrogen and oxygen atoms in total. The van der Waals surface area contributed by atoms with Crippen molar-refractivity contribution in [2.45, 2.75) is 38.0 Å². The van der Waals surface area contributed by atoms with Gasteiger partial charge in [0.2, 0.25) is 0 Å². The van der Waals surface area contributed by atoms with Crippen LogP contribution < -0.4 is 0 Å². The predicted octanol–water partition coefficient (Wildman–Crippen LogP) is 4.48. The van der Waals surface area contributed by atoms with Crippen LogP contribution in [0, 0.1) is 23.7 Å². The molecular weight excluding hydrogens is 258 g/mol. The summed E-state index contributed by atoms with van der Waals surface area (Å²) in [6.45, 7) is 0. The Balaban J connectivity index is 1.59. The van der Waals surface area contributed by atoms with Gasteiger partial charge in [-0.25, -0.2) is 4.98 Å². The maximum absolute atomic E-state index is 10.1. The van der Waals surface area contributed by atoms with Gasteiger partial charge in [-0.05, 0) is 67.9 Å². The van der Waals surface area contributed by atoms with E-state index in [0.29, 0.717) is 11.7 Å². The van der Waals surface area contributed by atoms with Crippen molar-refractivity contribution >= 4 is 10.9 Å². The minimum atomic E-state index is 0.318. The number of para-hydroxylation sites is 1. The lowest BCUT2D eigenvalue weighted by Crippen LogP contribution is -2.44. The summed E-state index contributed by atoms with van der Waals surface area (Å²) in [5.74, 6) is 4.64. The zero-order valence-corrected chi connectivity index (χ0v) is 12.2. The van der Waals surface area contributed by atoms with E-state index in [1.807, 2.05) is 12.1 Å². The molecule has 4 fully saturated rings. The van der Waals surface area contributed by atoms with Crippen LogP contribution in [0.1, 0.15) is 43.7 Å². The molecule has 0 saturated heterocycles. The minimum absolute atomic E-state index is 0.318. The molecule has 4 bridgehead atoms. The average Bonchev–Trinajstić information content (AvgIpc) is 2.47. The summed E-state index contributed by atoms with van der Waals surface area (Å²) >= 11 is 0. The first-order valence-corrected chi connectivity index (χ1v) is 8.36. The Labute approximate surface area is 125 Å².